The third-order valence-corrected chi connectivity index (χ3v) is 5.60. The lowest BCUT2D eigenvalue weighted by molar-refractivity contribution is 0.0363. The first-order valence-corrected chi connectivity index (χ1v) is 8.65. The molecular formula is C19H22FNO2. The molecule has 1 aromatic carbocycles. The van der Waals surface area contributed by atoms with Crippen molar-refractivity contribution in [2.24, 2.45) is 5.92 Å². The van der Waals surface area contributed by atoms with Crippen molar-refractivity contribution in [1.82, 2.24) is 4.90 Å². The third-order valence-electron chi connectivity index (χ3n) is 5.60. The molecule has 0 N–H and O–H groups in total. The number of fused-ring (bicyclic) bond motifs is 2. The Morgan fingerprint density at radius 3 is 2.87 bits per heavy atom. The molecule has 0 bridgehead atoms. The van der Waals surface area contributed by atoms with Crippen LogP contribution in [0, 0.1) is 18.7 Å². The summed E-state index contributed by atoms with van der Waals surface area (Å²) in [5, 5.41) is 0.700. The molecule has 1 aliphatic heterocycles. The van der Waals surface area contributed by atoms with Crippen molar-refractivity contribution in [2.45, 2.75) is 51.5 Å². The van der Waals surface area contributed by atoms with Gasteiger partial charge in [-0.1, -0.05) is 12.8 Å². The number of carbonyl (C=O) groups excluding carboxylic acids is 1. The minimum absolute atomic E-state index is 0.0179. The smallest absolute Gasteiger partial charge is 0.290 e. The summed E-state index contributed by atoms with van der Waals surface area (Å²) in [7, 11) is 0. The van der Waals surface area contributed by atoms with Crippen molar-refractivity contribution in [3.05, 3.63) is 35.3 Å². The zero-order valence-corrected chi connectivity index (χ0v) is 13.5. The second kappa shape index (κ2) is 5.66. The van der Waals surface area contributed by atoms with Crippen LogP contribution in [0.5, 0.6) is 0 Å². The Hall–Kier alpha value is -1.84. The third kappa shape index (κ3) is 2.44. The lowest BCUT2D eigenvalue weighted by Crippen LogP contribution is -2.49. The quantitative estimate of drug-likeness (QED) is 0.766. The predicted molar refractivity (Wildman–Crippen MR) is 86.9 cm³/mol. The molecule has 2 aliphatic rings. The summed E-state index contributed by atoms with van der Waals surface area (Å²) in [6, 6.07) is 4.78. The van der Waals surface area contributed by atoms with Gasteiger partial charge in [0.25, 0.3) is 5.91 Å². The van der Waals surface area contributed by atoms with Gasteiger partial charge in [-0.15, -0.1) is 0 Å². The fraction of sp³-hybridized carbons (Fsp3) is 0.526. The van der Waals surface area contributed by atoms with Gasteiger partial charge in [-0.05, 0) is 56.7 Å². The van der Waals surface area contributed by atoms with Crippen molar-refractivity contribution in [3.63, 3.8) is 0 Å². The first-order valence-electron chi connectivity index (χ1n) is 8.65. The molecule has 1 amide bonds. The molecule has 1 saturated carbocycles. The summed E-state index contributed by atoms with van der Waals surface area (Å²) in [4.78, 5) is 15.1. The number of nitrogens with zero attached hydrogens (tertiary/aromatic N) is 1. The summed E-state index contributed by atoms with van der Waals surface area (Å²) < 4.78 is 19.3. The van der Waals surface area contributed by atoms with E-state index in [4.69, 9.17) is 4.42 Å². The predicted octanol–water partition coefficient (Wildman–Crippen LogP) is 4.68. The molecule has 3 nitrogen and oxygen atoms in total. The van der Waals surface area contributed by atoms with Crippen molar-refractivity contribution >= 4 is 16.9 Å². The Bertz CT molecular complexity index is 749. The summed E-state index contributed by atoms with van der Waals surface area (Å²) >= 11 is 0. The number of furan rings is 1. The molecule has 4 heteroatoms. The van der Waals surface area contributed by atoms with Crippen LogP contribution >= 0.6 is 0 Å². The first kappa shape index (κ1) is 14.7. The van der Waals surface area contributed by atoms with Gasteiger partial charge >= 0.3 is 0 Å². The lowest BCUT2D eigenvalue weighted by Gasteiger charge is -2.43. The molecule has 122 valence electrons. The monoisotopic (exact) mass is 315 g/mol. The fourth-order valence-corrected chi connectivity index (χ4v) is 4.40. The molecule has 23 heavy (non-hydrogen) atoms. The average Bonchev–Trinajstić information content (AvgIpc) is 2.90. The highest BCUT2D eigenvalue weighted by Crippen LogP contribution is 2.37. The molecule has 1 saturated heterocycles. The van der Waals surface area contributed by atoms with Crippen molar-refractivity contribution in [3.8, 4) is 0 Å². The molecule has 2 heterocycles. The van der Waals surface area contributed by atoms with Crippen molar-refractivity contribution in [1.29, 1.82) is 0 Å². The Kier molecular flexibility index (Phi) is 3.63. The number of carbonyl (C=O) groups is 1. The number of hydrogen-bond acceptors (Lipinski definition) is 2. The molecule has 1 aromatic heterocycles. The number of aryl methyl sites for hydroxylation is 1. The highest BCUT2D eigenvalue weighted by atomic mass is 19.1. The van der Waals surface area contributed by atoms with Crippen LogP contribution in [0.25, 0.3) is 11.0 Å². The minimum Gasteiger partial charge on any atom is -0.451 e. The molecule has 0 radical (unpaired) electrons. The average molecular weight is 315 g/mol. The van der Waals surface area contributed by atoms with E-state index in [2.05, 4.69) is 0 Å². The van der Waals surface area contributed by atoms with Gasteiger partial charge in [0, 0.05) is 23.5 Å². The normalized spacial score (nSPS) is 24.7. The van der Waals surface area contributed by atoms with E-state index in [1.807, 2.05) is 11.8 Å². The molecule has 0 unspecified atom stereocenters. The van der Waals surface area contributed by atoms with Crippen LogP contribution in [-0.2, 0) is 0 Å². The zero-order chi connectivity index (χ0) is 16.0. The van der Waals surface area contributed by atoms with E-state index >= 15 is 0 Å². The zero-order valence-electron chi connectivity index (χ0n) is 13.5. The number of amides is 1. The number of hydrogen-bond donors (Lipinski definition) is 0. The molecule has 2 fully saturated rings. The van der Waals surface area contributed by atoms with Crippen molar-refractivity contribution < 1.29 is 13.6 Å². The summed E-state index contributed by atoms with van der Waals surface area (Å²) in [5.74, 6) is 0.710. The van der Waals surface area contributed by atoms with Crippen molar-refractivity contribution in [2.75, 3.05) is 6.54 Å². The van der Waals surface area contributed by atoms with Crippen LogP contribution in [0.1, 0.15) is 54.6 Å². The van der Waals surface area contributed by atoms with E-state index in [0.717, 1.165) is 24.9 Å². The maximum atomic E-state index is 13.5. The molecule has 0 spiro atoms. The van der Waals surface area contributed by atoms with Crippen LogP contribution in [0.15, 0.2) is 22.6 Å². The van der Waals surface area contributed by atoms with Gasteiger partial charge in [-0.3, -0.25) is 4.79 Å². The Morgan fingerprint density at radius 2 is 2.00 bits per heavy atom. The van der Waals surface area contributed by atoms with E-state index in [0.29, 0.717) is 28.7 Å². The summed E-state index contributed by atoms with van der Waals surface area (Å²) in [6.45, 7) is 2.66. The minimum atomic E-state index is -0.300. The second-order valence-corrected chi connectivity index (χ2v) is 6.95. The molecule has 2 atom stereocenters. The maximum absolute atomic E-state index is 13.5. The van der Waals surface area contributed by atoms with Gasteiger partial charge in [0.2, 0.25) is 0 Å². The molecular weight excluding hydrogens is 293 g/mol. The highest BCUT2D eigenvalue weighted by molar-refractivity contribution is 5.99. The highest BCUT2D eigenvalue weighted by Gasteiger charge is 2.37. The Balaban J connectivity index is 1.69. The van der Waals surface area contributed by atoms with E-state index in [-0.39, 0.29) is 11.7 Å². The Morgan fingerprint density at radius 1 is 1.22 bits per heavy atom. The van der Waals surface area contributed by atoms with E-state index in [1.54, 1.807) is 6.07 Å². The van der Waals surface area contributed by atoms with Crippen LogP contribution in [0.2, 0.25) is 0 Å². The largest absolute Gasteiger partial charge is 0.451 e. The summed E-state index contributed by atoms with van der Waals surface area (Å²) in [6.07, 6.45) is 7.13. The van der Waals surface area contributed by atoms with Gasteiger partial charge in [0.15, 0.2) is 5.76 Å². The summed E-state index contributed by atoms with van der Waals surface area (Å²) in [5.41, 5.74) is 1.34. The lowest BCUT2D eigenvalue weighted by atomic mass is 9.78. The number of likely N-dealkylation sites (tertiary alicyclic amines) is 1. The topological polar surface area (TPSA) is 33.5 Å². The maximum Gasteiger partial charge on any atom is 0.290 e. The van der Waals surface area contributed by atoms with Crippen LogP contribution in [0.4, 0.5) is 4.39 Å². The number of rotatable bonds is 1. The Labute approximate surface area is 135 Å². The molecule has 4 rings (SSSR count). The van der Waals surface area contributed by atoms with Gasteiger partial charge in [0.05, 0.1) is 0 Å². The number of halogens is 1. The van der Waals surface area contributed by atoms with Crippen LogP contribution in [0.3, 0.4) is 0 Å². The molecule has 1 aliphatic carbocycles. The van der Waals surface area contributed by atoms with Gasteiger partial charge < -0.3 is 9.32 Å². The fourth-order valence-electron chi connectivity index (χ4n) is 4.40. The van der Waals surface area contributed by atoms with E-state index in [9.17, 15) is 9.18 Å². The molecule has 2 aromatic rings. The SMILES string of the molecule is Cc1c(C(=O)N2CCC[C@@H]3CCCC[C@H]32)oc2ccc(F)cc12. The van der Waals surface area contributed by atoms with Gasteiger partial charge in [0.1, 0.15) is 11.4 Å². The number of piperidine rings is 1. The van der Waals surface area contributed by atoms with Crippen LogP contribution in [-0.4, -0.2) is 23.4 Å². The standard InChI is InChI=1S/C19H22FNO2/c1-12-15-11-14(20)8-9-17(15)23-18(12)19(22)21-10-4-6-13-5-2-3-7-16(13)21/h8-9,11,13,16H,2-7,10H2,1H3/t13-,16+/m0/s1. The van der Waals surface area contributed by atoms with Gasteiger partial charge in [-0.2, -0.15) is 0 Å². The first-order chi connectivity index (χ1) is 11.1. The van der Waals surface area contributed by atoms with E-state index < -0.39 is 0 Å². The van der Waals surface area contributed by atoms with E-state index in [1.165, 1.54) is 37.8 Å². The van der Waals surface area contributed by atoms with Crippen LogP contribution < -0.4 is 0 Å². The number of benzene rings is 1. The van der Waals surface area contributed by atoms with Gasteiger partial charge in [-0.25, -0.2) is 4.39 Å². The second-order valence-electron chi connectivity index (χ2n) is 6.95.